The van der Waals surface area contributed by atoms with E-state index >= 15 is 0 Å². The van der Waals surface area contributed by atoms with Gasteiger partial charge in [-0.05, 0) is 18.4 Å². The Morgan fingerprint density at radius 1 is 1.37 bits per heavy atom. The van der Waals surface area contributed by atoms with E-state index in [-0.39, 0.29) is 0 Å². The molecule has 2 unspecified atom stereocenters. The maximum absolute atomic E-state index is 4.09. The lowest BCUT2D eigenvalue weighted by atomic mass is 9.95. The molecule has 1 aliphatic rings. The highest BCUT2D eigenvalue weighted by Crippen LogP contribution is 2.25. The smallest absolute Gasteiger partial charge is 0.0476 e. The summed E-state index contributed by atoms with van der Waals surface area (Å²) in [4.78, 5) is 2.57. The minimum absolute atomic E-state index is 0.466. The van der Waals surface area contributed by atoms with Gasteiger partial charge >= 0.3 is 0 Å². The second-order valence-electron chi connectivity index (χ2n) is 6.07. The van der Waals surface area contributed by atoms with Crippen molar-refractivity contribution in [2.45, 2.75) is 32.9 Å². The van der Waals surface area contributed by atoms with Gasteiger partial charge in [-0.2, -0.15) is 0 Å². The Labute approximate surface area is 117 Å². The van der Waals surface area contributed by atoms with Crippen molar-refractivity contribution in [1.29, 1.82) is 0 Å². The van der Waals surface area contributed by atoms with Gasteiger partial charge in [0, 0.05) is 31.7 Å². The summed E-state index contributed by atoms with van der Waals surface area (Å²) >= 11 is 0. The minimum atomic E-state index is 0.466. The lowest BCUT2D eigenvalue weighted by Crippen LogP contribution is -2.54. The highest BCUT2D eigenvalue weighted by atomic mass is 15.2. The molecule has 0 bridgehead atoms. The molecule has 2 nitrogen and oxygen atoms in total. The molecule has 0 radical (unpaired) electrons. The summed E-state index contributed by atoms with van der Waals surface area (Å²) in [5, 5.41) is 3.70. The van der Waals surface area contributed by atoms with E-state index in [9.17, 15) is 0 Å². The highest BCUT2D eigenvalue weighted by Gasteiger charge is 2.29. The average Bonchev–Trinajstić information content (AvgIpc) is 2.39. The van der Waals surface area contributed by atoms with Crippen molar-refractivity contribution in [3.8, 4) is 0 Å². The van der Waals surface area contributed by atoms with Crippen LogP contribution in [0.3, 0.4) is 0 Å². The Bertz CT molecular complexity index is 411. The molecule has 1 saturated heterocycles. The molecule has 2 heteroatoms. The van der Waals surface area contributed by atoms with Crippen molar-refractivity contribution in [1.82, 2.24) is 10.2 Å². The van der Waals surface area contributed by atoms with Crippen molar-refractivity contribution < 1.29 is 0 Å². The normalized spacial score (nSPS) is 24.6. The van der Waals surface area contributed by atoms with E-state index in [2.05, 4.69) is 67.9 Å². The number of nitrogens with zero attached hydrogens (tertiary/aromatic N) is 1. The molecule has 0 amide bonds. The number of hydrogen-bond donors (Lipinski definition) is 1. The quantitative estimate of drug-likeness (QED) is 0.834. The van der Waals surface area contributed by atoms with Crippen molar-refractivity contribution >= 4 is 0 Å². The number of nitrogens with one attached hydrogen (secondary N) is 1. The molecule has 0 aliphatic carbocycles. The van der Waals surface area contributed by atoms with Crippen LogP contribution in [-0.2, 0) is 0 Å². The molecule has 1 aromatic carbocycles. The van der Waals surface area contributed by atoms with Gasteiger partial charge in [0.15, 0.2) is 0 Å². The number of rotatable bonds is 4. The maximum Gasteiger partial charge on any atom is 0.0476 e. The molecular weight excluding hydrogens is 232 g/mol. The molecule has 1 aliphatic heterocycles. The van der Waals surface area contributed by atoms with Crippen LogP contribution >= 0.6 is 0 Å². The molecule has 1 fully saturated rings. The van der Waals surface area contributed by atoms with Crippen LogP contribution < -0.4 is 5.32 Å². The van der Waals surface area contributed by atoms with Gasteiger partial charge in [0.1, 0.15) is 0 Å². The molecule has 2 rings (SSSR count). The summed E-state index contributed by atoms with van der Waals surface area (Å²) in [5.41, 5.74) is 2.64. The summed E-state index contributed by atoms with van der Waals surface area (Å²) in [7, 11) is 0. The van der Waals surface area contributed by atoms with Gasteiger partial charge in [0.2, 0.25) is 0 Å². The van der Waals surface area contributed by atoms with Gasteiger partial charge in [-0.25, -0.2) is 0 Å². The third-order valence-corrected chi connectivity index (χ3v) is 3.91. The first-order chi connectivity index (χ1) is 9.08. The maximum atomic E-state index is 4.09. The molecule has 1 N–H and O–H groups in total. The van der Waals surface area contributed by atoms with Crippen LogP contribution in [0.2, 0.25) is 0 Å². The molecule has 0 saturated carbocycles. The lowest BCUT2D eigenvalue weighted by Gasteiger charge is -2.42. The van der Waals surface area contributed by atoms with Crippen LogP contribution in [-0.4, -0.2) is 30.6 Å². The predicted octanol–water partition coefficient (Wildman–Crippen LogP) is 3.23. The fourth-order valence-corrected chi connectivity index (χ4v) is 2.81. The van der Waals surface area contributed by atoms with Gasteiger partial charge in [0.25, 0.3) is 0 Å². The zero-order chi connectivity index (χ0) is 13.8. The fourth-order valence-electron chi connectivity index (χ4n) is 2.81. The molecular formula is C17H26N2. The van der Waals surface area contributed by atoms with Gasteiger partial charge in [-0.3, -0.25) is 4.90 Å². The van der Waals surface area contributed by atoms with E-state index in [1.54, 1.807) is 0 Å². The highest BCUT2D eigenvalue weighted by molar-refractivity contribution is 5.21. The van der Waals surface area contributed by atoms with Crippen molar-refractivity contribution in [3.63, 3.8) is 0 Å². The van der Waals surface area contributed by atoms with Gasteiger partial charge in [0.05, 0.1) is 0 Å². The Balaban J connectivity index is 2.15. The Hall–Kier alpha value is -1.12. The molecule has 2 atom stereocenters. The van der Waals surface area contributed by atoms with Crippen LogP contribution in [0, 0.1) is 5.92 Å². The molecule has 1 aromatic rings. The standard InChI is InChI=1S/C17H26N2/c1-13(2)11-19-12-16(14(3)4)18-10-17(19)15-8-6-5-7-9-15/h5-9,14,16-18H,1,10-12H2,2-4H3. The van der Waals surface area contributed by atoms with Crippen molar-refractivity contribution in [2.75, 3.05) is 19.6 Å². The first-order valence-corrected chi connectivity index (χ1v) is 7.24. The topological polar surface area (TPSA) is 15.3 Å². The monoisotopic (exact) mass is 258 g/mol. The van der Waals surface area contributed by atoms with Crippen LogP contribution in [0.1, 0.15) is 32.4 Å². The first kappa shape index (κ1) is 14.3. The van der Waals surface area contributed by atoms with E-state index in [4.69, 9.17) is 0 Å². The van der Waals surface area contributed by atoms with Crippen LogP contribution in [0.25, 0.3) is 0 Å². The molecule has 0 spiro atoms. The summed E-state index contributed by atoms with van der Waals surface area (Å²) in [5.74, 6) is 0.671. The lowest BCUT2D eigenvalue weighted by molar-refractivity contribution is 0.124. The molecule has 19 heavy (non-hydrogen) atoms. The van der Waals surface area contributed by atoms with E-state index in [0.29, 0.717) is 18.0 Å². The SMILES string of the molecule is C=C(C)CN1CC(C(C)C)NCC1c1ccccc1. The Kier molecular flexibility index (Phi) is 4.78. The van der Waals surface area contributed by atoms with Crippen LogP contribution in [0.4, 0.5) is 0 Å². The van der Waals surface area contributed by atoms with Crippen molar-refractivity contribution in [3.05, 3.63) is 48.0 Å². The second-order valence-corrected chi connectivity index (χ2v) is 6.07. The zero-order valence-corrected chi connectivity index (χ0v) is 12.4. The molecule has 0 aromatic heterocycles. The summed E-state index contributed by atoms with van der Waals surface area (Å²) < 4.78 is 0. The Morgan fingerprint density at radius 3 is 2.63 bits per heavy atom. The minimum Gasteiger partial charge on any atom is -0.311 e. The van der Waals surface area contributed by atoms with Gasteiger partial charge in [-0.15, -0.1) is 0 Å². The van der Waals surface area contributed by atoms with Crippen molar-refractivity contribution in [2.24, 2.45) is 5.92 Å². The van der Waals surface area contributed by atoms with E-state index < -0.39 is 0 Å². The molecule has 1 heterocycles. The summed E-state index contributed by atoms with van der Waals surface area (Å²) in [6.45, 7) is 13.9. The number of hydrogen-bond acceptors (Lipinski definition) is 2. The third kappa shape index (κ3) is 3.68. The zero-order valence-electron chi connectivity index (χ0n) is 12.4. The van der Waals surface area contributed by atoms with E-state index in [1.165, 1.54) is 11.1 Å². The predicted molar refractivity (Wildman–Crippen MR) is 82.2 cm³/mol. The largest absolute Gasteiger partial charge is 0.311 e. The average molecular weight is 258 g/mol. The fraction of sp³-hybridized carbons (Fsp3) is 0.529. The Morgan fingerprint density at radius 2 is 2.05 bits per heavy atom. The number of benzene rings is 1. The van der Waals surface area contributed by atoms with Crippen LogP contribution in [0.5, 0.6) is 0 Å². The second kappa shape index (κ2) is 6.36. The van der Waals surface area contributed by atoms with E-state index in [1.807, 2.05) is 0 Å². The third-order valence-electron chi connectivity index (χ3n) is 3.91. The van der Waals surface area contributed by atoms with E-state index in [0.717, 1.165) is 19.6 Å². The van der Waals surface area contributed by atoms with Gasteiger partial charge in [-0.1, -0.05) is 56.3 Å². The summed E-state index contributed by atoms with van der Waals surface area (Å²) in [6.07, 6.45) is 0. The molecule has 104 valence electrons. The van der Waals surface area contributed by atoms with Crippen LogP contribution in [0.15, 0.2) is 42.5 Å². The first-order valence-electron chi connectivity index (χ1n) is 7.24. The number of piperazine rings is 1. The van der Waals surface area contributed by atoms with Gasteiger partial charge < -0.3 is 5.32 Å². The summed E-state index contributed by atoms with van der Waals surface area (Å²) in [6, 6.07) is 11.8.